The Balaban J connectivity index is 1.54. The zero-order chi connectivity index (χ0) is 24.1. The lowest BCUT2D eigenvalue weighted by atomic mass is 10.2. The minimum absolute atomic E-state index is 0.0109. The molecule has 0 unspecified atom stereocenters. The van der Waals surface area contributed by atoms with Gasteiger partial charge in [-0.2, -0.15) is 0 Å². The normalized spacial score (nSPS) is 14.6. The number of non-ortho nitro benzene ring substituents is 1. The summed E-state index contributed by atoms with van der Waals surface area (Å²) in [5.41, 5.74) is 2.53. The van der Waals surface area contributed by atoms with Crippen molar-refractivity contribution in [3.8, 4) is 0 Å². The summed E-state index contributed by atoms with van der Waals surface area (Å²) in [4.78, 5) is 32.4. The Hall–Kier alpha value is -2.85. The molecule has 1 aliphatic rings. The van der Waals surface area contributed by atoms with E-state index in [-0.39, 0.29) is 11.6 Å². The summed E-state index contributed by atoms with van der Waals surface area (Å²) in [5.74, 6) is -0.192. The predicted molar refractivity (Wildman–Crippen MR) is 136 cm³/mol. The molecule has 8 nitrogen and oxygen atoms in total. The van der Waals surface area contributed by atoms with Gasteiger partial charge in [-0.05, 0) is 54.8 Å². The van der Waals surface area contributed by atoms with E-state index in [9.17, 15) is 14.9 Å². The number of morpholine rings is 1. The van der Waals surface area contributed by atoms with E-state index in [4.69, 9.17) is 21.3 Å². The van der Waals surface area contributed by atoms with E-state index in [1.807, 2.05) is 19.1 Å². The number of nitro groups is 1. The van der Waals surface area contributed by atoms with Crippen molar-refractivity contribution in [3.05, 3.63) is 68.7 Å². The number of hydrogen-bond donors (Lipinski definition) is 0. The van der Waals surface area contributed by atoms with Crippen molar-refractivity contribution in [1.29, 1.82) is 0 Å². The number of fused-ring (bicyclic) bond motifs is 1. The summed E-state index contributed by atoms with van der Waals surface area (Å²) in [6, 6.07) is 9.82. The van der Waals surface area contributed by atoms with Gasteiger partial charge in [0.15, 0.2) is 5.13 Å². The molecule has 34 heavy (non-hydrogen) atoms. The van der Waals surface area contributed by atoms with Crippen LogP contribution >= 0.6 is 22.9 Å². The number of nitrogens with zero attached hydrogens (tertiary/aromatic N) is 4. The second-order valence-corrected chi connectivity index (χ2v) is 9.49. The van der Waals surface area contributed by atoms with E-state index in [0.29, 0.717) is 22.3 Å². The smallest absolute Gasteiger partial charge is 0.269 e. The van der Waals surface area contributed by atoms with Crippen LogP contribution in [0.5, 0.6) is 0 Å². The lowest BCUT2D eigenvalue weighted by Gasteiger charge is -2.27. The first kappa shape index (κ1) is 24.3. The molecule has 0 aliphatic carbocycles. The number of nitro benzene ring substituents is 1. The SMILES string of the molecule is Cc1cc(Cl)cc2sc(N(CCCN3CCOCC3)C(=O)C=Cc3ccc([N+](=O)[O-])cc3)nc12. The molecule has 4 rings (SSSR count). The van der Waals surface area contributed by atoms with Crippen LogP contribution in [0.2, 0.25) is 5.02 Å². The highest BCUT2D eigenvalue weighted by molar-refractivity contribution is 7.22. The van der Waals surface area contributed by atoms with E-state index in [0.717, 1.165) is 55.0 Å². The van der Waals surface area contributed by atoms with Crippen LogP contribution in [0.4, 0.5) is 10.8 Å². The number of anilines is 1. The van der Waals surface area contributed by atoms with Crippen LogP contribution in [-0.4, -0.2) is 60.1 Å². The van der Waals surface area contributed by atoms with Crippen molar-refractivity contribution in [2.24, 2.45) is 0 Å². The number of ether oxygens (including phenoxy) is 1. The van der Waals surface area contributed by atoms with Crippen molar-refractivity contribution in [2.75, 3.05) is 44.3 Å². The first-order valence-corrected chi connectivity index (χ1v) is 12.2. The van der Waals surface area contributed by atoms with Gasteiger partial charge in [-0.1, -0.05) is 22.9 Å². The van der Waals surface area contributed by atoms with E-state index < -0.39 is 4.92 Å². The van der Waals surface area contributed by atoms with Gasteiger partial charge in [0.1, 0.15) is 0 Å². The van der Waals surface area contributed by atoms with Crippen LogP contribution in [0, 0.1) is 17.0 Å². The maximum Gasteiger partial charge on any atom is 0.269 e. The third-order valence-electron chi connectivity index (χ3n) is 5.62. The van der Waals surface area contributed by atoms with Crippen molar-refractivity contribution in [1.82, 2.24) is 9.88 Å². The molecule has 1 amide bonds. The van der Waals surface area contributed by atoms with Crippen LogP contribution in [-0.2, 0) is 9.53 Å². The number of rotatable bonds is 8. The average molecular weight is 501 g/mol. The molecule has 0 saturated carbocycles. The van der Waals surface area contributed by atoms with Crippen molar-refractivity contribution >= 4 is 56.0 Å². The van der Waals surface area contributed by atoms with Crippen LogP contribution < -0.4 is 4.90 Å². The van der Waals surface area contributed by atoms with Gasteiger partial charge in [-0.25, -0.2) is 4.98 Å². The monoisotopic (exact) mass is 500 g/mol. The van der Waals surface area contributed by atoms with Gasteiger partial charge in [0.05, 0.1) is 28.4 Å². The molecule has 0 N–H and O–H groups in total. The third kappa shape index (κ3) is 5.98. The van der Waals surface area contributed by atoms with Crippen LogP contribution in [0.15, 0.2) is 42.5 Å². The van der Waals surface area contributed by atoms with Crippen molar-refractivity contribution in [3.63, 3.8) is 0 Å². The number of aryl methyl sites for hydroxylation is 1. The standard InChI is InChI=1S/C24H25ClN4O4S/c1-17-15-19(25)16-21-23(17)26-24(34-21)28(10-2-9-27-11-13-33-14-12-27)22(30)8-5-18-3-6-20(7-4-18)29(31)32/h3-8,15-16H,2,9-14H2,1H3. The second-order valence-electron chi connectivity index (χ2n) is 8.05. The highest BCUT2D eigenvalue weighted by atomic mass is 35.5. The highest BCUT2D eigenvalue weighted by Crippen LogP contribution is 2.33. The minimum atomic E-state index is -0.448. The summed E-state index contributed by atoms with van der Waals surface area (Å²) in [5, 5.41) is 12.1. The third-order valence-corrected chi connectivity index (χ3v) is 6.86. The Morgan fingerprint density at radius 1 is 1.29 bits per heavy atom. The molecule has 3 aromatic rings. The number of aromatic nitrogens is 1. The molecule has 10 heteroatoms. The number of halogens is 1. The van der Waals surface area contributed by atoms with Crippen LogP contribution in [0.1, 0.15) is 17.5 Å². The summed E-state index contributed by atoms with van der Waals surface area (Å²) in [7, 11) is 0. The number of carbonyl (C=O) groups excluding carboxylic acids is 1. The van der Waals surface area contributed by atoms with Gasteiger partial charge < -0.3 is 4.74 Å². The minimum Gasteiger partial charge on any atom is -0.379 e. The van der Waals surface area contributed by atoms with E-state index in [1.54, 1.807) is 23.1 Å². The molecule has 0 atom stereocenters. The fourth-order valence-electron chi connectivity index (χ4n) is 3.80. The van der Waals surface area contributed by atoms with Crippen LogP contribution in [0.25, 0.3) is 16.3 Å². The molecule has 1 saturated heterocycles. The van der Waals surface area contributed by atoms with Gasteiger partial charge in [0.2, 0.25) is 0 Å². The summed E-state index contributed by atoms with van der Waals surface area (Å²) >= 11 is 7.66. The van der Waals surface area contributed by atoms with Gasteiger partial charge in [-0.15, -0.1) is 0 Å². The quantitative estimate of drug-likeness (QED) is 0.247. The molecule has 0 bridgehead atoms. The molecular weight excluding hydrogens is 476 g/mol. The van der Waals surface area contributed by atoms with Gasteiger partial charge in [-0.3, -0.25) is 24.7 Å². The lowest BCUT2D eigenvalue weighted by Crippen LogP contribution is -2.39. The molecule has 178 valence electrons. The number of amides is 1. The number of thiazole rings is 1. The molecule has 1 fully saturated rings. The average Bonchev–Trinajstić information content (AvgIpc) is 3.25. The summed E-state index contributed by atoms with van der Waals surface area (Å²) in [6.45, 7) is 6.61. The van der Waals surface area contributed by atoms with Crippen LogP contribution in [0.3, 0.4) is 0 Å². The number of benzene rings is 2. The fourth-order valence-corrected chi connectivity index (χ4v) is 5.25. The Morgan fingerprint density at radius 3 is 2.74 bits per heavy atom. The fraction of sp³-hybridized carbons (Fsp3) is 0.333. The van der Waals surface area contributed by atoms with E-state index in [2.05, 4.69) is 4.90 Å². The lowest BCUT2D eigenvalue weighted by molar-refractivity contribution is -0.384. The Labute approximate surface area is 206 Å². The van der Waals surface area contributed by atoms with Crippen molar-refractivity contribution in [2.45, 2.75) is 13.3 Å². The Bertz CT molecular complexity index is 1210. The molecule has 2 heterocycles. The largest absolute Gasteiger partial charge is 0.379 e. The zero-order valence-corrected chi connectivity index (χ0v) is 20.3. The summed E-state index contributed by atoms with van der Waals surface area (Å²) < 4.78 is 6.35. The molecule has 2 aromatic carbocycles. The Kier molecular flexibility index (Phi) is 7.89. The van der Waals surface area contributed by atoms with E-state index >= 15 is 0 Å². The number of carbonyl (C=O) groups is 1. The topological polar surface area (TPSA) is 88.8 Å². The highest BCUT2D eigenvalue weighted by Gasteiger charge is 2.20. The molecule has 0 spiro atoms. The zero-order valence-electron chi connectivity index (χ0n) is 18.8. The second kappa shape index (κ2) is 11.1. The van der Waals surface area contributed by atoms with Gasteiger partial charge in [0, 0.05) is 49.4 Å². The summed E-state index contributed by atoms with van der Waals surface area (Å²) in [6.07, 6.45) is 3.95. The number of hydrogen-bond acceptors (Lipinski definition) is 7. The molecular formula is C24H25ClN4O4S. The maximum absolute atomic E-state index is 13.2. The molecule has 1 aliphatic heterocycles. The van der Waals surface area contributed by atoms with Gasteiger partial charge in [0.25, 0.3) is 11.6 Å². The first-order chi connectivity index (χ1) is 16.4. The van der Waals surface area contributed by atoms with Gasteiger partial charge >= 0.3 is 0 Å². The van der Waals surface area contributed by atoms with Crippen molar-refractivity contribution < 1.29 is 14.5 Å². The molecule has 1 aromatic heterocycles. The Morgan fingerprint density at radius 2 is 2.03 bits per heavy atom. The predicted octanol–water partition coefficient (Wildman–Crippen LogP) is 4.94. The maximum atomic E-state index is 13.2. The van der Waals surface area contributed by atoms with E-state index in [1.165, 1.54) is 29.5 Å². The first-order valence-electron chi connectivity index (χ1n) is 11.0. The molecule has 0 radical (unpaired) electrons.